The minimum Gasteiger partial charge on any atom is -0.305 e. The van der Waals surface area contributed by atoms with Gasteiger partial charge in [-0.25, -0.2) is 0 Å². The second kappa shape index (κ2) is 13.8. The third-order valence-corrected chi connectivity index (χ3v) is 12.2. The van der Waals surface area contributed by atoms with Crippen LogP contribution in [0.5, 0.6) is 0 Å². The van der Waals surface area contributed by atoms with Crippen molar-refractivity contribution in [2.75, 3.05) is 0 Å². The van der Waals surface area contributed by atoms with Crippen LogP contribution in [0.4, 0.5) is 0 Å². The normalized spacial score (nSPS) is 36.6. The van der Waals surface area contributed by atoms with E-state index in [2.05, 4.69) is 58.1 Å². The summed E-state index contributed by atoms with van der Waals surface area (Å²) in [5.41, 5.74) is 2.84. The van der Waals surface area contributed by atoms with Gasteiger partial charge >= 0.3 is 0 Å². The van der Waals surface area contributed by atoms with E-state index < -0.39 is 0 Å². The quantitative estimate of drug-likeness (QED) is 0.341. The summed E-state index contributed by atoms with van der Waals surface area (Å²) in [7, 11) is 0. The molecule has 220 valence electrons. The molecule has 2 nitrogen and oxygen atoms in total. The van der Waals surface area contributed by atoms with E-state index in [1.807, 2.05) is 0 Å². The summed E-state index contributed by atoms with van der Waals surface area (Å²) in [4.78, 5) is 5.70. The van der Waals surface area contributed by atoms with Crippen LogP contribution in [0.15, 0.2) is 18.2 Å². The maximum atomic E-state index is 5.70. The van der Waals surface area contributed by atoms with Crippen LogP contribution in [-0.2, 0) is 0 Å². The monoisotopic (exact) mass is 534 g/mol. The number of hydrogen-bond donors (Lipinski definition) is 1. The molecule has 4 fully saturated rings. The molecule has 9 atom stereocenters. The minimum atomic E-state index is 0.409. The van der Waals surface area contributed by atoms with Crippen LogP contribution >= 0.6 is 0 Å². The lowest BCUT2D eigenvalue weighted by Crippen LogP contribution is -2.51. The molecule has 2 heteroatoms. The molecular weight excluding hydrogens is 472 g/mol. The van der Waals surface area contributed by atoms with E-state index >= 15 is 0 Å². The highest BCUT2D eigenvalue weighted by molar-refractivity contribution is 5.21. The molecule has 0 spiro atoms. The van der Waals surface area contributed by atoms with Gasteiger partial charge in [0.2, 0.25) is 0 Å². The smallest absolute Gasteiger partial charge is 0.0579 e. The number of rotatable bonds is 9. The lowest BCUT2D eigenvalue weighted by Gasteiger charge is -2.47. The van der Waals surface area contributed by atoms with Crippen LogP contribution in [0.3, 0.4) is 0 Å². The predicted octanol–water partition coefficient (Wildman–Crippen LogP) is 10.5. The number of nitrogens with one attached hydrogen (secondary N) is 1. The number of pyridine rings is 1. The lowest BCUT2D eigenvalue weighted by atomic mass is 9.64. The molecule has 9 unspecified atom stereocenters. The van der Waals surface area contributed by atoms with Crippen molar-refractivity contribution in [2.24, 2.45) is 47.3 Å². The maximum Gasteiger partial charge on any atom is 0.0579 e. The van der Waals surface area contributed by atoms with Gasteiger partial charge in [0.05, 0.1) is 11.7 Å². The molecule has 1 N–H and O–H groups in total. The van der Waals surface area contributed by atoms with Crippen LogP contribution < -0.4 is 5.32 Å². The third-order valence-electron chi connectivity index (χ3n) is 12.2. The molecule has 39 heavy (non-hydrogen) atoms. The molecule has 1 aromatic heterocycles. The van der Waals surface area contributed by atoms with Crippen molar-refractivity contribution in [3.05, 3.63) is 29.6 Å². The molecule has 0 aliphatic heterocycles. The fourth-order valence-corrected chi connectivity index (χ4v) is 10.2. The first-order valence-electron chi connectivity index (χ1n) is 17.7. The Hall–Kier alpha value is -0.890. The Morgan fingerprint density at radius 3 is 2.18 bits per heavy atom. The number of fused-ring (bicyclic) bond motifs is 1. The van der Waals surface area contributed by atoms with Crippen molar-refractivity contribution in [1.29, 1.82) is 0 Å². The summed E-state index contributed by atoms with van der Waals surface area (Å²) in [6.45, 7) is 12.4. The zero-order valence-electron chi connectivity index (χ0n) is 26.3. The average molecular weight is 535 g/mol. The van der Waals surface area contributed by atoms with Gasteiger partial charge in [0.15, 0.2) is 0 Å². The van der Waals surface area contributed by atoms with E-state index in [-0.39, 0.29) is 0 Å². The van der Waals surface area contributed by atoms with Gasteiger partial charge in [-0.1, -0.05) is 98.5 Å². The summed E-state index contributed by atoms with van der Waals surface area (Å²) in [5, 5.41) is 4.52. The zero-order valence-corrected chi connectivity index (χ0v) is 26.3. The molecule has 1 heterocycles. The molecule has 1 aromatic rings. The molecular formula is C37H62N2. The summed E-state index contributed by atoms with van der Waals surface area (Å²) in [6, 6.07) is 8.29. The Balaban J connectivity index is 1.49. The van der Waals surface area contributed by atoms with E-state index in [0.717, 1.165) is 41.4 Å². The van der Waals surface area contributed by atoms with E-state index in [9.17, 15) is 0 Å². The first kappa shape index (κ1) is 29.6. The van der Waals surface area contributed by atoms with Gasteiger partial charge in [-0.05, 0) is 104 Å². The van der Waals surface area contributed by atoms with Crippen molar-refractivity contribution in [1.82, 2.24) is 10.3 Å². The maximum absolute atomic E-state index is 5.70. The summed E-state index contributed by atoms with van der Waals surface area (Å²) in [6.07, 6.45) is 22.6. The number of nitrogens with zero attached hydrogens (tertiary/aromatic N) is 1. The van der Waals surface area contributed by atoms with Gasteiger partial charge in [0.25, 0.3) is 0 Å². The molecule has 0 saturated heterocycles. The van der Waals surface area contributed by atoms with E-state index in [0.29, 0.717) is 23.9 Å². The van der Waals surface area contributed by atoms with E-state index in [1.165, 1.54) is 114 Å². The zero-order chi connectivity index (χ0) is 27.4. The third kappa shape index (κ3) is 6.79. The van der Waals surface area contributed by atoms with Crippen LogP contribution in [0.2, 0.25) is 0 Å². The molecule has 0 radical (unpaired) electrons. The largest absolute Gasteiger partial charge is 0.305 e. The van der Waals surface area contributed by atoms with Gasteiger partial charge in [-0.2, -0.15) is 0 Å². The fraction of sp³-hybridized carbons (Fsp3) is 0.865. The standard InChI is InChI=1S/C37H62N2/c1-6-14-28-17-12-21-30(26(4)5)36(28)39-37(33-20-10-9-18-29(33)25(2)3)35-24-13-23-34(38-35)32-22-11-16-27-15-7-8-19-31(27)32/h13,23-33,36-37,39H,6-12,14-22H2,1-5H3. The van der Waals surface area contributed by atoms with Crippen molar-refractivity contribution in [3.8, 4) is 0 Å². The highest BCUT2D eigenvalue weighted by Gasteiger charge is 2.42. The predicted molar refractivity (Wildman–Crippen MR) is 167 cm³/mol. The Bertz CT molecular complexity index is 872. The van der Waals surface area contributed by atoms with Gasteiger partial charge < -0.3 is 5.32 Å². The fourth-order valence-electron chi connectivity index (χ4n) is 10.2. The second-order valence-corrected chi connectivity index (χ2v) is 15.1. The number of hydrogen-bond acceptors (Lipinski definition) is 2. The van der Waals surface area contributed by atoms with Crippen LogP contribution in [0.25, 0.3) is 0 Å². The molecule has 0 amide bonds. The van der Waals surface area contributed by atoms with E-state index in [4.69, 9.17) is 4.98 Å². The highest BCUT2D eigenvalue weighted by Crippen LogP contribution is 2.49. The van der Waals surface area contributed by atoms with Gasteiger partial charge in [-0.3, -0.25) is 4.98 Å². The summed E-state index contributed by atoms with van der Waals surface area (Å²) >= 11 is 0. The Morgan fingerprint density at radius 2 is 1.41 bits per heavy atom. The average Bonchev–Trinajstić information content (AvgIpc) is 2.96. The summed E-state index contributed by atoms with van der Waals surface area (Å²) in [5.74, 6) is 7.19. The molecule has 4 saturated carbocycles. The second-order valence-electron chi connectivity index (χ2n) is 15.1. The Morgan fingerprint density at radius 1 is 0.744 bits per heavy atom. The topological polar surface area (TPSA) is 24.9 Å². The molecule has 0 aromatic carbocycles. The molecule has 5 rings (SSSR count). The van der Waals surface area contributed by atoms with Crippen LogP contribution in [0.1, 0.15) is 161 Å². The SMILES string of the molecule is CCCC1CCCC(C(C)C)C1NC(c1cccc(C2CCCC3CCCCC32)n1)C1CCCCC1C(C)C. The van der Waals surface area contributed by atoms with Crippen molar-refractivity contribution in [2.45, 2.75) is 155 Å². The van der Waals surface area contributed by atoms with Gasteiger partial charge in [0.1, 0.15) is 0 Å². The highest BCUT2D eigenvalue weighted by atomic mass is 15.0. The van der Waals surface area contributed by atoms with Crippen molar-refractivity contribution < 1.29 is 0 Å². The lowest BCUT2D eigenvalue weighted by molar-refractivity contribution is 0.0796. The number of aromatic nitrogens is 1. The van der Waals surface area contributed by atoms with Crippen molar-refractivity contribution in [3.63, 3.8) is 0 Å². The van der Waals surface area contributed by atoms with Gasteiger partial charge in [-0.15, -0.1) is 0 Å². The first-order valence-corrected chi connectivity index (χ1v) is 17.7. The van der Waals surface area contributed by atoms with Gasteiger partial charge in [0, 0.05) is 17.7 Å². The van der Waals surface area contributed by atoms with Crippen LogP contribution in [-0.4, -0.2) is 11.0 Å². The van der Waals surface area contributed by atoms with Crippen molar-refractivity contribution >= 4 is 0 Å². The van der Waals surface area contributed by atoms with Crippen LogP contribution in [0, 0.1) is 47.3 Å². The summed E-state index contributed by atoms with van der Waals surface area (Å²) < 4.78 is 0. The molecule has 4 aliphatic carbocycles. The van der Waals surface area contributed by atoms with E-state index in [1.54, 1.807) is 0 Å². The Labute approximate surface area is 242 Å². The Kier molecular flexibility index (Phi) is 10.5. The minimum absolute atomic E-state index is 0.409. The molecule has 4 aliphatic rings. The molecule has 0 bridgehead atoms. The first-order chi connectivity index (χ1) is 19.0.